The molecule has 0 spiro atoms. The molecule has 3 rings (SSSR count). The number of hydrogen-bond donors (Lipinski definition) is 0. The summed E-state index contributed by atoms with van der Waals surface area (Å²) in [6.07, 6.45) is 3.27. The third kappa shape index (κ3) is 1.81. The van der Waals surface area contributed by atoms with Gasteiger partial charge in [0.25, 0.3) is 5.69 Å². The van der Waals surface area contributed by atoms with E-state index in [1.165, 1.54) is 6.07 Å². The van der Waals surface area contributed by atoms with Crippen LogP contribution in [0.3, 0.4) is 0 Å². The maximum Gasteiger partial charge on any atom is 2.00 e. The first-order chi connectivity index (χ1) is 8.27. The normalized spacial score (nSPS) is 10.2. The van der Waals surface area contributed by atoms with Crippen LogP contribution in [0, 0.1) is 10.1 Å². The minimum atomic E-state index is -0.392. The molecular weight excluding hydrogens is 274 g/mol. The van der Waals surface area contributed by atoms with Crippen LogP contribution in [0.4, 0.5) is 5.69 Å². The van der Waals surface area contributed by atoms with E-state index in [4.69, 9.17) is 0 Å². The van der Waals surface area contributed by atoms with Crippen LogP contribution in [-0.2, 0) is 17.1 Å². The first-order valence-electron chi connectivity index (χ1n) is 5.04. The second-order valence-corrected chi connectivity index (χ2v) is 3.63. The van der Waals surface area contributed by atoms with Gasteiger partial charge in [-0.2, -0.15) is 0 Å². The van der Waals surface area contributed by atoms with Crippen molar-refractivity contribution in [3.63, 3.8) is 0 Å². The summed E-state index contributed by atoms with van der Waals surface area (Å²) in [6.45, 7) is 0. The van der Waals surface area contributed by atoms with Gasteiger partial charge in [0, 0.05) is 23.8 Å². The maximum atomic E-state index is 11.0. The summed E-state index contributed by atoms with van der Waals surface area (Å²) in [6, 6.07) is 8.45. The Morgan fingerprint density at radius 1 is 1.06 bits per heavy atom. The molecule has 2 heterocycles. The van der Waals surface area contributed by atoms with Crippen molar-refractivity contribution in [2.75, 3.05) is 0 Å². The molecule has 1 aromatic carbocycles. The minimum absolute atomic E-state index is 0. The molecule has 2 aromatic heterocycles. The van der Waals surface area contributed by atoms with Gasteiger partial charge in [-0.15, -0.1) is 0 Å². The maximum absolute atomic E-state index is 11.0. The fraction of sp³-hybridized carbons (Fsp3) is 0. The molecule has 0 fully saturated rings. The van der Waals surface area contributed by atoms with Gasteiger partial charge < -0.3 is 0 Å². The van der Waals surface area contributed by atoms with Crippen molar-refractivity contribution in [1.29, 1.82) is 0 Å². The third-order valence-corrected chi connectivity index (χ3v) is 2.64. The first kappa shape index (κ1) is 12.4. The predicted molar refractivity (Wildman–Crippen MR) is 63.7 cm³/mol. The third-order valence-electron chi connectivity index (χ3n) is 2.64. The number of aromatic nitrogens is 2. The van der Waals surface area contributed by atoms with Crippen LogP contribution < -0.4 is 0 Å². The monoisotopic (exact) mass is 281 g/mol. The number of benzene rings is 1. The molecule has 0 aliphatic carbocycles. The van der Waals surface area contributed by atoms with Gasteiger partial charge in [-0.3, -0.25) is 20.1 Å². The van der Waals surface area contributed by atoms with E-state index in [9.17, 15) is 10.1 Å². The van der Waals surface area contributed by atoms with Crippen LogP contribution in [0.25, 0.3) is 21.8 Å². The number of hydrogen-bond acceptors (Lipinski definition) is 4. The Hall–Kier alpha value is -2.04. The van der Waals surface area contributed by atoms with Crippen LogP contribution >= 0.6 is 0 Å². The van der Waals surface area contributed by atoms with E-state index in [2.05, 4.69) is 9.97 Å². The second-order valence-electron chi connectivity index (χ2n) is 3.63. The Kier molecular flexibility index (Phi) is 3.23. The topological polar surface area (TPSA) is 68.9 Å². The number of fused-ring (bicyclic) bond motifs is 3. The van der Waals surface area contributed by atoms with Gasteiger partial charge in [-0.05, 0) is 18.2 Å². The van der Waals surface area contributed by atoms with Crippen molar-refractivity contribution in [2.24, 2.45) is 0 Å². The Balaban J connectivity index is 0.00000120. The second kappa shape index (κ2) is 4.68. The summed E-state index contributed by atoms with van der Waals surface area (Å²) in [5, 5.41) is 12.3. The number of nitro groups is 1. The zero-order valence-corrected chi connectivity index (χ0v) is 10.2. The fourth-order valence-corrected chi connectivity index (χ4v) is 1.91. The molecule has 0 radical (unpaired) electrons. The Bertz CT molecular complexity index is 746. The molecule has 0 saturated carbocycles. The van der Waals surface area contributed by atoms with E-state index in [0.717, 1.165) is 5.39 Å². The number of nitrogens with zero attached hydrogens (tertiary/aromatic N) is 3. The van der Waals surface area contributed by atoms with Crippen molar-refractivity contribution in [2.45, 2.75) is 0 Å². The van der Waals surface area contributed by atoms with Crippen molar-refractivity contribution in [1.82, 2.24) is 9.97 Å². The van der Waals surface area contributed by atoms with E-state index in [0.29, 0.717) is 16.4 Å². The fourth-order valence-electron chi connectivity index (χ4n) is 1.91. The molecule has 0 atom stereocenters. The van der Waals surface area contributed by atoms with E-state index >= 15 is 0 Å². The Labute approximate surface area is 112 Å². The van der Waals surface area contributed by atoms with E-state index < -0.39 is 4.92 Å². The van der Waals surface area contributed by atoms with E-state index in [1.807, 2.05) is 0 Å². The van der Waals surface area contributed by atoms with Crippen molar-refractivity contribution in [3.05, 3.63) is 52.8 Å². The van der Waals surface area contributed by atoms with Crippen molar-refractivity contribution in [3.8, 4) is 0 Å². The average Bonchev–Trinajstić information content (AvgIpc) is 2.37. The van der Waals surface area contributed by atoms with Crippen LogP contribution in [0.2, 0.25) is 0 Å². The molecule has 0 aliphatic heterocycles. The van der Waals surface area contributed by atoms with Crippen LogP contribution in [0.15, 0.2) is 42.7 Å². The Morgan fingerprint density at radius 3 is 2.44 bits per heavy atom. The molecule has 18 heavy (non-hydrogen) atoms. The molecule has 3 aromatic rings. The number of pyridine rings is 2. The molecule has 88 valence electrons. The predicted octanol–water partition coefficient (Wildman–Crippen LogP) is 2.69. The van der Waals surface area contributed by atoms with Gasteiger partial charge in [0.15, 0.2) is 0 Å². The SMILES string of the molecule is O=[N+]([O-])c1cc2cccnc2c2ncccc12.[Fe+2]. The summed E-state index contributed by atoms with van der Waals surface area (Å²) in [4.78, 5) is 19.0. The Morgan fingerprint density at radius 2 is 1.72 bits per heavy atom. The number of nitro benzene ring substituents is 1. The van der Waals surface area contributed by atoms with Crippen molar-refractivity contribution < 1.29 is 22.0 Å². The zero-order valence-electron chi connectivity index (χ0n) is 9.05. The summed E-state index contributed by atoms with van der Waals surface area (Å²) in [5.41, 5.74) is 1.32. The smallest absolute Gasteiger partial charge is 0.258 e. The summed E-state index contributed by atoms with van der Waals surface area (Å²) in [5.74, 6) is 0. The molecule has 0 unspecified atom stereocenters. The summed E-state index contributed by atoms with van der Waals surface area (Å²) in [7, 11) is 0. The van der Waals surface area contributed by atoms with Crippen LogP contribution in [0.5, 0.6) is 0 Å². The van der Waals surface area contributed by atoms with E-state index in [1.54, 1.807) is 36.7 Å². The van der Waals surface area contributed by atoms with E-state index in [-0.39, 0.29) is 22.8 Å². The standard InChI is InChI=1S/C12H7N3O2.Fe/c16-15(17)10-7-8-3-1-5-13-11(8)12-9(10)4-2-6-14-12;/h1-7H;/q;+2. The van der Waals surface area contributed by atoms with Gasteiger partial charge in [0.2, 0.25) is 0 Å². The molecular formula is C12H7FeN3O2+2. The molecule has 0 aliphatic rings. The van der Waals surface area contributed by atoms with Crippen LogP contribution in [0.1, 0.15) is 0 Å². The number of non-ortho nitro benzene ring substituents is 1. The molecule has 0 amide bonds. The first-order valence-corrected chi connectivity index (χ1v) is 5.04. The minimum Gasteiger partial charge on any atom is -0.258 e. The summed E-state index contributed by atoms with van der Waals surface area (Å²) >= 11 is 0. The average molecular weight is 281 g/mol. The van der Waals surface area contributed by atoms with Gasteiger partial charge in [-0.1, -0.05) is 6.07 Å². The summed E-state index contributed by atoms with van der Waals surface area (Å²) < 4.78 is 0. The van der Waals surface area contributed by atoms with Crippen molar-refractivity contribution >= 4 is 27.5 Å². The zero-order chi connectivity index (χ0) is 11.8. The van der Waals surface area contributed by atoms with Crippen LogP contribution in [-0.4, -0.2) is 14.9 Å². The van der Waals surface area contributed by atoms with Gasteiger partial charge in [-0.25, -0.2) is 0 Å². The molecule has 0 bridgehead atoms. The van der Waals surface area contributed by atoms with Gasteiger partial charge in [0.05, 0.1) is 15.8 Å². The molecule has 0 N–H and O–H groups in total. The molecule has 5 nitrogen and oxygen atoms in total. The molecule has 6 heteroatoms. The molecule has 0 saturated heterocycles. The van der Waals surface area contributed by atoms with Gasteiger partial charge >= 0.3 is 17.1 Å². The van der Waals surface area contributed by atoms with Gasteiger partial charge in [0.1, 0.15) is 5.52 Å². The number of rotatable bonds is 1. The quantitative estimate of drug-likeness (QED) is 0.297. The largest absolute Gasteiger partial charge is 2.00 e.